The van der Waals surface area contributed by atoms with Crippen molar-refractivity contribution in [1.29, 1.82) is 5.26 Å². The number of rotatable bonds is 6. The fraction of sp³-hybridized carbons (Fsp3) is 0.333. The molecule has 0 aliphatic carbocycles. The number of methoxy groups -OCH3 is 1. The molecular formula is C12H14N2O4. The summed E-state index contributed by atoms with van der Waals surface area (Å²) in [5.41, 5.74) is 0.688. The molecule has 0 aliphatic rings. The topological polar surface area (TPSA) is 91.6 Å². The van der Waals surface area contributed by atoms with Crippen LogP contribution in [0, 0.1) is 11.3 Å². The van der Waals surface area contributed by atoms with E-state index in [9.17, 15) is 4.79 Å². The van der Waals surface area contributed by atoms with Crippen LogP contribution in [0.2, 0.25) is 0 Å². The van der Waals surface area contributed by atoms with Gasteiger partial charge in [-0.05, 0) is 17.7 Å². The van der Waals surface area contributed by atoms with E-state index in [-0.39, 0.29) is 25.7 Å². The number of nitriles is 1. The number of carbonyl (C=O) groups is 1. The highest BCUT2D eigenvalue weighted by Gasteiger charge is 2.08. The lowest BCUT2D eigenvalue weighted by molar-refractivity contribution is -0.122. The SMILES string of the molecule is COc1cc(CO)ccc1OCC(=O)NCC#N. The first kappa shape index (κ1) is 13.8. The van der Waals surface area contributed by atoms with E-state index in [0.29, 0.717) is 17.1 Å². The van der Waals surface area contributed by atoms with E-state index < -0.39 is 0 Å². The highest BCUT2D eigenvalue weighted by Crippen LogP contribution is 2.27. The van der Waals surface area contributed by atoms with Gasteiger partial charge in [-0.15, -0.1) is 0 Å². The summed E-state index contributed by atoms with van der Waals surface area (Å²) < 4.78 is 10.3. The highest BCUT2D eigenvalue weighted by atomic mass is 16.5. The van der Waals surface area contributed by atoms with Gasteiger partial charge in [0.15, 0.2) is 18.1 Å². The van der Waals surface area contributed by atoms with E-state index in [1.54, 1.807) is 24.3 Å². The monoisotopic (exact) mass is 250 g/mol. The third kappa shape index (κ3) is 3.96. The predicted octanol–water partition coefficient (Wildman–Crippen LogP) is 0.206. The summed E-state index contributed by atoms with van der Waals surface area (Å²) in [6, 6.07) is 6.71. The Morgan fingerprint density at radius 3 is 2.89 bits per heavy atom. The molecule has 1 rings (SSSR count). The molecule has 1 aromatic carbocycles. The molecule has 0 saturated carbocycles. The van der Waals surface area contributed by atoms with Crippen LogP contribution in [0.15, 0.2) is 18.2 Å². The standard InChI is InChI=1S/C12H14N2O4/c1-17-11-6-9(7-15)2-3-10(11)18-8-12(16)14-5-4-13/h2-3,6,15H,5,7-8H2,1H3,(H,14,16). The maximum absolute atomic E-state index is 11.2. The van der Waals surface area contributed by atoms with E-state index in [1.165, 1.54) is 7.11 Å². The van der Waals surface area contributed by atoms with Crippen LogP contribution in [0.4, 0.5) is 0 Å². The Morgan fingerprint density at radius 2 is 2.28 bits per heavy atom. The van der Waals surface area contributed by atoms with Gasteiger partial charge < -0.3 is 19.9 Å². The first-order chi connectivity index (χ1) is 8.71. The van der Waals surface area contributed by atoms with Gasteiger partial charge in [-0.3, -0.25) is 4.79 Å². The molecule has 0 heterocycles. The fourth-order valence-corrected chi connectivity index (χ4v) is 1.26. The molecule has 0 saturated heterocycles. The molecule has 18 heavy (non-hydrogen) atoms. The molecule has 0 spiro atoms. The number of amides is 1. The van der Waals surface area contributed by atoms with Crippen LogP contribution in [0.3, 0.4) is 0 Å². The van der Waals surface area contributed by atoms with Crippen LogP contribution in [0.5, 0.6) is 11.5 Å². The van der Waals surface area contributed by atoms with Gasteiger partial charge in [0, 0.05) is 0 Å². The Kier molecular flexibility index (Phi) is 5.48. The summed E-state index contributed by atoms with van der Waals surface area (Å²) in [6.45, 7) is -0.349. The third-order valence-electron chi connectivity index (χ3n) is 2.13. The Bertz CT molecular complexity index is 454. The van der Waals surface area contributed by atoms with Crippen LogP contribution < -0.4 is 14.8 Å². The van der Waals surface area contributed by atoms with Crippen molar-refractivity contribution in [2.24, 2.45) is 0 Å². The van der Waals surface area contributed by atoms with Crippen LogP contribution in [0.25, 0.3) is 0 Å². The first-order valence-corrected chi connectivity index (χ1v) is 5.25. The molecule has 0 radical (unpaired) electrons. The maximum atomic E-state index is 11.2. The maximum Gasteiger partial charge on any atom is 0.258 e. The van der Waals surface area contributed by atoms with Crippen molar-refractivity contribution in [3.8, 4) is 17.6 Å². The van der Waals surface area contributed by atoms with Crippen LogP contribution >= 0.6 is 0 Å². The smallest absolute Gasteiger partial charge is 0.258 e. The average Bonchev–Trinajstić information content (AvgIpc) is 2.42. The van der Waals surface area contributed by atoms with Gasteiger partial charge in [0.2, 0.25) is 0 Å². The number of benzene rings is 1. The summed E-state index contributed by atoms with van der Waals surface area (Å²) in [5, 5.41) is 19.6. The van der Waals surface area contributed by atoms with Crippen molar-refractivity contribution >= 4 is 5.91 Å². The lowest BCUT2D eigenvalue weighted by Gasteiger charge is -2.11. The zero-order valence-electron chi connectivity index (χ0n) is 9.97. The van der Waals surface area contributed by atoms with Crippen molar-refractivity contribution < 1.29 is 19.4 Å². The molecule has 1 amide bonds. The summed E-state index contributed by atoms with van der Waals surface area (Å²) in [4.78, 5) is 11.2. The normalized spacial score (nSPS) is 9.39. The number of nitrogens with one attached hydrogen (secondary N) is 1. The molecule has 1 aromatic rings. The van der Waals surface area contributed by atoms with Crippen LogP contribution in [-0.2, 0) is 11.4 Å². The summed E-state index contributed by atoms with van der Waals surface area (Å²) in [7, 11) is 1.47. The quantitative estimate of drug-likeness (QED) is 0.704. The minimum absolute atomic E-state index is 0.0528. The van der Waals surface area contributed by atoms with Crippen molar-refractivity contribution in [1.82, 2.24) is 5.32 Å². The molecular weight excluding hydrogens is 236 g/mol. The zero-order valence-corrected chi connectivity index (χ0v) is 9.97. The van der Waals surface area contributed by atoms with E-state index in [0.717, 1.165) is 0 Å². The van der Waals surface area contributed by atoms with Crippen LogP contribution in [-0.4, -0.2) is 31.3 Å². The summed E-state index contributed by atoms with van der Waals surface area (Å²) in [5.74, 6) is 0.460. The van der Waals surface area contributed by atoms with Gasteiger partial charge in [-0.2, -0.15) is 5.26 Å². The Morgan fingerprint density at radius 1 is 1.50 bits per heavy atom. The van der Waals surface area contributed by atoms with Crippen molar-refractivity contribution in [2.75, 3.05) is 20.3 Å². The molecule has 6 heteroatoms. The zero-order chi connectivity index (χ0) is 13.4. The van der Waals surface area contributed by atoms with Gasteiger partial charge in [0.25, 0.3) is 5.91 Å². The van der Waals surface area contributed by atoms with Gasteiger partial charge in [0.05, 0.1) is 19.8 Å². The minimum atomic E-state index is -0.384. The van der Waals surface area contributed by atoms with Gasteiger partial charge >= 0.3 is 0 Å². The Labute approximate surface area is 105 Å². The van der Waals surface area contributed by atoms with Gasteiger partial charge in [-0.25, -0.2) is 0 Å². The van der Waals surface area contributed by atoms with Crippen molar-refractivity contribution in [3.05, 3.63) is 23.8 Å². The second-order valence-electron chi connectivity index (χ2n) is 3.37. The number of hydrogen-bond donors (Lipinski definition) is 2. The molecule has 0 unspecified atom stereocenters. The van der Waals surface area contributed by atoms with E-state index in [4.69, 9.17) is 19.8 Å². The van der Waals surface area contributed by atoms with Gasteiger partial charge in [-0.1, -0.05) is 6.07 Å². The molecule has 96 valence electrons. The Hall–Kier alpha value is -2.26. The van der Waals surface area contributed by atoms with E-state index >= 15 is 0 Å². The lowest BCUT2D eigenvalue weighted by Crippen LogP contribution is -2.29. The number of hydrogen-bond acceptors (Lipinski definition) is 5. The molecule has 0 aliphatic heterocycles. The third-order valence-corrected chi connectivity index (χ3v) is 2.13. The Balaban J connectivity index is 2.62. The lowest BCUT2D eigenvalue weighted by atomic mass is 10.2. The number of nitrogens with zero attached hydrogens (tertiary/aromatic N) is 1. The number of aliphatic hydroxyl groups excluding tert-OH is 1. The first-order valence-electron chi connectivity index (χ1n) is 5.25. The van der Waals surface area contributed by atoms with Crippen molar-refractivity contribution in [3.63, 3.8) is 0 Å². The van der Waals surface area contributed by atoms with E-state index in [1.807, 2.05) is 0 Å². The molecule has 2 N–H and O–H groups in total. The number of carbonyl (C=O) groups excluding carboxylic acids is 1. The summed E-state index contributed by atoms with van der Waals surface area (Å²) >= 11 is 0. The fourth-order valence-electron chi connectivity index (χ4n) is 1.26. The highest BCUT2D eigenvalue weighted by molar-refractivity contribution is 5.77. The largest absolute Gasteiger partial charge is 0.493 e. The summed E-state index contributed by atoms with van der Waals surface area (Å²) in [6.07, 6.45) is 0. The number of ether oxygens (including phenoxy) is 2. The second-order valence-corrected chi connectivity index (χ2v) is 3.37. The second kappa shape index (κ2) is 7.14. The van der Waals surface area contributed by atoms with E-state index in [2.05, 4.69) is 5.32 Å². The van der Waals surface area contributed by atoms with Gasteiger partial charge in [0.1, 0.15) is 6.54 Å². The molecule has 6 nitrogen and oxygen atoms in total. The molecule has 0 aromatic heterocycles. The van der Waals surface area contributed by atoms with Crippen molar-refractivity contribution in [2.45, 2.75) is 6.61 Å². The molecule has 0 bridgehead atoms. The number of aliphatic hydroxyl groups is 1. The molecule has 0 fully saturated rings. The van der Waals surface area contributed by atoms with Crippen LogP contribution in [0.1, 0.15) is 5.56 Å². The predicted molar refractivity (Wildman–Crippen MR) is 63.0 cm³/mol. The average molecular weight is 250 g/mol. The molecule has 0 atom stereocenters. The minimum Gasteiger partial charge on any atom is -0.493 e.